The molecule has 2 nitrogen and oxygen atoms in total. The highest BCUT2D eigenvalue weighted by atomic mass is 79.9. The number of hydrogen-bond acceptors (Lipinski definition) is 1. The fourth-order valence-electron chi connectivity index (χ4n) is 0.934. The minimum Gasteiger partial charge on any atom is -0.478 e. The van der Waals surface area contributed by atoms with Crippen molar-refractivity contribution in [1.29, 1.82) is 0 Å². The molecule has 0 atom stereocenters. The van der Waals surface area contributed by atoms with Gasteiger partial charge in [-0.2, -0.15) is 13.2 Å². The van der Waals surface area contributed by atoms with Gasteiger partial charge in [0.25, 0.3) is 0 Å². The molecule has 1 aromatic carbocycles. The van der Waals surface area contributed by atoms with Gasteiger partial charge in [-0.15, -0.1) is 0 Å². The Morgan fingerprint density at radius 1 is 1.20 bits per heavy atom. The Morgan fingerprint density at radius 3 is 2.13 bits per heavy atom. The van der Waals surface area contributed by atoms with Crippen LogP contribution in [0.15, 0.2) is 21.1 Å². The van der Waals surface area contributed by atoms with Crippen molar-refractivity contribution in [3.05, 3.63) is 32.2 Å². The quantitative estimate of drug-likeness (QED) is 0.835. The first-order chi connectivity index (χ1) is 6.75. The second-order valence-corrected chi connectivity index (χ2v) is 4.18. The third-order valence-corrected chi connectivity index (χ3v) is 3.80. The van der Waals surface area contributed by atoms with E-state index in [0.29, 0.717) is 0 Å². The van der Waals surface area contributed by atoms with Crippen molar-refractivity contribution in [2.24, 2.45) is 0 Å². The highest BCUT2D eigenvalue weighted by Crippen LogP contribution is 2.39. The summed E-state index contributed by atoms with van der Waals surface area (Å²) in [6.45, 7) is 0. The highest BCUT2D eigenvalue weighted by molar-refractivity contribution is 9.13. The predicted molar refractivity (Wildman–Crippen MR) is 53.8 cm³/mol. The minimum absolute atomic E-state index is 0.121. The largest absolute Gasteiger partial charge is 0.478 e. The molecule has 0 unspecified atom stereocenters. The maximum absolute atomic E-state index is 12.4. The molecule has 0 aliphatic rings. The van der Waals surface area contributed by atoms with Crippen molar-refractivity contribution < 1.29 is 23.1 Å². The average molecular weight is 348 g/mol. The van der Waals surface area contributed by atoms with Crippen LogP contribution in [0, 0.1) is 0 Å². The van der Waals surface area contributed by atoms with Crippen LogP contribution in [0.3, 0.4) is 0 Å². The molecule has 0 saturated heterocycles. The number of halogens is 5. The molecule has 0 saturated carbocycles. The number of alkyl halides is 3. The van der Waals surface area contributed by atoms with Gasteiger partial charge in [0, 0.05) is 8.95 Å². The van der Waals surface area contributed by atoms with Gasteiger partial charge < -0.3 is 5.11 Å². The monoisotopic (exact) mass is 346 g/mol. The van der Waals surface area contributed by atoms with E-state index < -0.39 is 17.7 Å². The molecule has 0 aromatic heterocycles. The molecular formula is C8H3Br2F3O2. The molecule has 1 aromatic rings. The number of benzene rings is 1. The number of aromatic carboxylic acids is 1. The van der Waals surface area contributed by atoms with Crippen molar-refractivity contribution in [3.8, 4) is 0 Å². The molecule has 0 radical (unpaired) electrons. The third kappa shape index (κ3) is 2.52. The summed E-state index contributed by atoms with van der Waals surface area (Å²) in [6.07, 6.45) is -4.52. The SMILES string of the molecule is O=C(O)c1ccc(C(F)(F)F)c(Br)c1Br. The summed E-state index contributed by atoms with van der Waals surface area (Å²) in [6, 6.07) is 1.62. The lowest BCUT2D eigenvalue weighted by molar-refractivity contribution is -0.138. The number of hydrogen-bond donors (Lipinski definition) is 1. The van der Waals surface area contributed by atoms with Crippen LogP contribution in [-0.4, -0.2) is 11.1 Å². The molecular weight excluding hydrogens is 345 g/mol. The summed E-state index contributed by atoms with van der Waals surface area (Å²) in [5.74, 6) is -1.30. The van der Waals surface area contributed by atoms with Gasteiger partial charge in [-0.1, -0.05) is 0 Å². The fraction of sp³-hybridized carbons (Fsp3) is 0.125. The third-order valence-electron chi connectivity index (χ3n) is 1.62. The minimum atomic E-state index is -4.52. The van der Waals surface area contributed by atoms with Gasteiger partial charge in [0.2, 0.25) is 0 Å². The first-order valence-corrected chi connectivity index (χ1v) is 5.12. The van der Waals surface area contributed by atoms with Crippen molar-refractivity contribution in [2.75, 3.05) is 0 Å². The second-order valence-electron chi connectivity index (χ2n) is 2.59. The van der Waals surface area contributed by atoms with Gasteiger partial charge in [-0.25, -0.2) is 4.79 Å². The summed E-state index contributed by atoms with van der Waals surface area (Å²) < 4.78 is 36.7. The summed E-state index contributed by atoms with van der Waals surface area (Å²) in [7, 11) is 0. The number of carbonyl (C=O) groups is 1. The van der Waals surface area contributed by atoms with Gasteiger partial charge >= 0.3 is 12.1 Å². The smallest absolute Gasteiger partial charge is 0.417 e. The van der Waals surface area contributed by atoms with E-state index >= 15 is 0 Å². The predicted octanol–water partition coefficient (Wildman–Crippen LogP) is 3.93. The first kappa shape index (κ1) is 12.5. The number of rotatable bonds is 1. The van der Waals surface area contributed by atoms with Crippen molar-refractivity contribution >= 4 is 37.8 Å². The summed E-state index contributed by atoms with van der Waals surface area (Å²) in [4.78, 5) is 10.6. The summed E-state index contributed by atoms with van der Waals surface area (Å²) in [5.41, 5.74) is -1.14. The van der Waals surface area contributed by atoms with Crippen LogP contribution in [0.25, 0.3) is 0 Å². The molecule has 0 amide bonds. The molecule has 0 heterocycles. The van der Waals surface area contributed by atoms with Gasteiger partial charge in [-0.3, -0.25) is 0 Å². The highest BCUT2D eigenvalue weighted by Gasteiger charge is 2.34. The average Bonchev–Trinajstić information content (AvgIpc) is 2.06. The van der Waals surface area contributed by atoms with Crippen LogP contribution in [0.2, 0.25) is 0 Å². The summed E-state index contributed by atoms with van der Waals surface area (Å²) >= 11 is 5.50. The topological polar surface area (TPSA) is 37.3 Å². The zero-order valence-corrected chi connectivity index (χ0v) is 10.1. The molecule has 0 aliphatic heterocycles. The maximum Gasteiger partial charge on any atom is 0.417 e. The lowest BCUT2D eigenvalue weighted by atomic mass is 10.1. The molecule has 0 bridgehead atoms. The Bertz CT molecular complexity index is 415. The van der Waals surface area contributed by atoms with Gasteiger partial charge in [0.15, 0.2) is 0 Å². The van der Waals surface area contributed by atoms with E-state index in [1.165, 1.54) is 0 Å². The van der Waals surface area contributed by atoms with E-state index in [0.717, 1.165) is 12.1 Å². The Labute approximate surface area is 99.3 Å². The van der Waals surface area contributed by atoms with Crippen molar-refractivity contribution in [3.63, 3.8) is 0 Å². The molecule has 0 spiro atoms. The molecule has 1 N–H and O–H groups in total. The normalized spacial score (nSPS) is 11.5. The Kier molecular flexibility index (Phi) is 3.44. The van der Waals surface area contributed by atoms with Crippen LogP contribution < -0.4 is 0 Å². The van der Waals surface area contributed by atoms with E-state index in [4.69, 9.17) is 5.11 Å². The zero-order chi connectivity index (χ0) is 11.8. The molecule has 0 fully saturated rings. The lowest BCUT2D eigenvalue weighted by Gasteiger charge is -2.11. The molecule has 7 heteroatoms. The van der Waals surface area contributed by atoms with E-state index in [2.05, 4.69) is 31.9 Å². The van der Waals surface area contributed by atoms with E-state index in [1.54, 1.807) is 0 Å². The van der Waals surface area contributed by atoms with E-state index in [-0.39, 0.29) is 14.5 Å². The van der Waals surface area contributed by atoms with Gasteiger partial charge in [0.05, 0.1) is 11.1 Å². The first-order valence-electron chi connectivity index (χ1n) is 3.53. The standard InChI is InChI=1S/C8H3Br2F3O2/c9-5-3(7(14)15)1-2-4(6(5)10)8(11,12)13/h1-2H,(H,14,15). The van der Waals surface area contributed by atoms with Crippen LogP contribution in [0.5, 0.6) is 0 Å². The number of carboxylic acid groups (broad SMARTS) is 1. The maximum atomic E-state index is 12.4. The Balaban J connectivity index is 3.41. The van der Waals surface area contributed by atoms with Crippen LogP contribution in [0.1, 0.15) is 15.9 Å². The molecule has 82 valence electrons. The number of carboxylic acids is 1. The van der Waals surface area contributed by atoms with Crippen molar-refractivity contribution in [1.82, 2.24) is 0 Å². The Hall–Kier alpha value is -0.560. The lowest BCUT2D eigenvalue weighted by Crippen LogP contribution is -2.08. The van der Waals surface area contributed by atoms with Crippen LogP contribution >= 0.6 is 31.9 Å². The molecule has 1 rings (SSSR count). The van der Waals surface area contributed by atoms with Gasteiger partial charge in [-0.05, 0) is 44.0 Å². The zero-order valence-electron chi connectivity index (χ0n) is 6.90. The van der Waals surface area contributed by atoms with Crippen molar-refractivity contribution in [2.45, 2.75) is 6.18 Å². The van der Waals surface area contributed by atoms with Gasteiger partial charge in [0.1, 0.15) is 0 Å². The fourth-order valence-corrected chi connectivity index (χ4v) is 2.02. The second kappa shape index (κ2) is 4.13. The van der Waals surface area contributed by atoms with E-state index in [9.17, 15) is 18.0 Å². The van der Waals surface area contributed by atoms with Crippen LogP contribution in [-0.2, 0) is 6.18 Å². The van der Waals surface area contributed by atoms with Crippen LogP contribution in [0.4, 0.5) is 13.2 Å². The molecule has 15 heavy (non-hydrogen) atoms. The molecule has 0 aliphatic carbocycles. The Morgan fingerprint density at radius 2 is 1.73 bits per heavy atom. The van der Waals surface area contributed by atoms with E-state index in [1.807, 2.05) is 0 Å². The summed E-state index contributed by atoms with van der Waals surface area (Å²) in [5, 5.41) is 8.65.